The van der Waals surface area contributed by atoms with Gasteiger partial charge in [0.25, 0.3) is 0 Å². The minimum absolute atomic E-state index is 0.0364. The molecule has 0 bridgehead atoms. The first-order valence-corrected chi connectivity index (χ1v) is 22.5. The third-order valence-electron chi connectivity index (χ3n) is 8.37. The predicted molar refractivity (Wildman–Crippen MR) is 253 cm³/mol. The van der Waals surface area contributed by atoms with E-state index in [2.05, 4.69) is 98.6 Å². The van der Waals surface area contributed by atoms with Gasteiger partial charge >= 0.3 is 18.0 Å². The standard InChI is InChI=1S/C23H25Br2N3O6.C19H17Br2ClN2O4.CH4O/c1-23(2,3)34-22(32)28-17(8-9-19(29)33-4)21(31)27-18-12-15(25)14(24)11-13(18)20(30)16-7-5-6-10-26-16;1-28-18(26)6-5-15(24-22)17(25)9-11-8-13(20)14(21)10-12(11)19(27)16-4-2-3-7-23-16;1-2/h5-7,10-12,17H,8-9H2,1-4H3,(H,27,31)(H,28,32);2-4,7-8,10,15,24H,5-6,9H2,1H3;2H,1H3/t17-;15-;/m11./s1. The molecular weight excluding hydrogens is 1120 g/mol. The first-order chi connectivity index (χ1) is 30.3. The van der Waals surface area contributed by atoms with Crippen LogP contribution in [-0.2, 0) is 39.8 Å². The Kier molecular flexibility index (Phi) is 24.2. The minimum atomic E-state index is -1.13. The molecule has 2 aromatic heterocycles. The van der Waals surface area contributed by atoms with Gasteiger partial charge < -0.3 is 30.0 Å². The Balaban J connectivity index is 0.000000431. The number of ether oxygens (including phenoxy) is 3. The molecule has 2 atom stereocenters. The van der Waals surface area contributed by atoms with Crippen molar-refractivity contribution in [3.8, 4) is 0 Å². The van der Waals surface area contributed by atoms with E-state index in [9.17, 15) is 33.6 Å². The summed E-state index contributed by atoms with van der Waals surface area (Å²) in [4.78, 5) is 97.6. The summed E-state index contributed by atoms with van der Waals surface area (Å²) in [7, 11) is 3.51. The topological polar surface area (TPSA) is 229 Å². The van der Waals surface area contributed by atoms with Crippen molar-refractivity contribution >= 4 is 122 Å². The van der Waals surface area contributed by atoms with E-state index in [-0.39, 0.29) is 66.3 Å². The fourth-order valence-electron chi connectivity index (χ4n) is 5.31. The van der Waals surface area contributed by atoms with Gasteiger partial charge in [-0.1, -0.05) is 12.1 Å². The second kappa shape index (κ2) is 27.8. The van der Waals surface area contributed by atoms with Crippen molar-refractivity contribution in [2.45, 2.75) is 70.6 Å². The van der Waals surface area contributed by atoms with Gasteiger partial charge in [-0.15, -0.1) is 0 Å². The highest BCUT2D eigenvalue weighted by Crippen LogP contribution is 2.32. The number of esters is 2. The lowest BCUT2D eigenvalue weighted by Crippen LogP contribution is -2.46. The Hall–Kier alpha value is -4.44. The number of nitrogens with zero attached hydrogens (tertiary/aromatic N) is 2. The zero-order valence-electron chi connectivity index (χ0n) is 35.4. The number of benzene rings is 2. The number of aliphatic hydroxyl groups is 1. The van der Waals surface area contributed by atoms with Crippen LogP contribution >= 0.6 is 75.5 Å². The monoisotopic (exact) mass is 1160 g/mol. The second-order valence-electron chi connectivity index (χ2n) is 14.0. The lowest BCUT2D eigenvalue weighted by Gasteiger charge is -2.23. The Labute approximate surface area is 409 Å². The van der Waals surface area contributed by atoms with Crippen LogP contribution in [0.25, 0.3) is 0 Å². The molecule has 0 aliphatic rings. The number of pyridine rings is 2. The molecule has 4 aromatic rings. The quantitative estimate of drug-likeness (QED) is 0.0338. The number of halogens is 5. The SMILES string of the molecule is CO.COC(=O)CC[C@@H](NC(=O)OC(C)(C)C)C(=O)Nc1cc(Br)c(Br)cc1C(=O)c1ccccn1.COC(=O)CC[C@@H](NCl)C(=O)Cc1cc(Br)c(Br)cc1C(=O)c1ccccn1. The molecule has 64 heavy (non-hydrogen) atoms. The maximum absolute atomic E-state index is 13.1. The largest absolute Gasteiger partial charge is 0.469 e. The molecule has 0 saturated heterocycles. The van der Waals surface area contributed by atoms with Crippen molar-refractivity contribution in [2.24, 2.45) is 0 Å². The number of aromatic nitrogens is 2. The maximum atomic E-state index is 13.1. The Morgan fingerprint density at radius 1 is 0.703 bits per heavy atom. The summed E-state index contributed by atoms with van der Waals surface area (Å²) < 4.78 is 17.0. The van der Waals surface area contributed by atoms with Gasteiger partial charge in [-0.25, -0.2) is 9.63 Å². The van der Waals surface area contributed by atoms with Crippen LogP contribution in [0.4, 0.5) is 10.5 Å². The minimum Gasteiger partial charge on any atom is -0.469 e. The number of aliphatic hydroxyl groups excluding tert-OH is 1. The number of carbonyl (C=O) groups excluding carboxylic acids is 7. The van der Waals surface area contributed by atoms with Crippen LogP contribution in [-0.4, -0.2) is 95.4 Å². The number of amides is 2. The number of nitrogens with one attached hydrogen (secondary N) is 3. The molecule has 0 spiro atoms. The van der Waals surface area contributed by atoms with Gasteiger partial charge in [-0.05, 0) is 163 Å². The smallest absolute Gasteiger partial charge is 0.408 e. The fraction of sp³-hybridized carbons (Fsp3) is 0.326. The number of methoxy groups -OCH3 is 2. The summed E-state index contributed by atoms with van der Waals surface area (Å²) in [6.45, 7) is 5.06. The number of hydrogen-bond acceptors (Lipinski definition) is 14. The van der Waals surface area contributed by atoms with Crippen LogP contribution in [0.2, 0.25) is 0 Å². The van der Waals surface area contributed by atoms with Gasteiger partial charge in [0, 0.05) is 67.8 Å². The average molecular weight is 1160 g/mol. The summed E-state index contributed by atoms with van der Waals surface area (Å²) in [5.74, 6) is -2.55. The zero-order chi connectivity index (χ0) is 48.1. The molecule has 4 N–H and O–H groups in total. The van der Waals surface area contributed by atoms with Gasteiger partial charge in [-0.2, -0.15) is 0 Å². The molecule has 0 radical (unpaired) electrons. The van der Waals surface area contributed by atoms with E-state index in [1.54, 1.807) is 81.4 Å². The van der Waals surface area contributed by atoms with Crippen molar-refractivity contribution in [3.05, 3.63) is 119 Å². The third kappa shape index (κ3) is 18.2. The molecule has 0 aliphatic carbocycles. The van der Waals surface area contributed by atoms with Crippen molar-refractivity contribution in [1.82, 2.24) is 20.1 Å². The Bertz CT molecular complexity index is 2270. The number of anilines is 1. The van der Waals surface area contributed by atoms with Gasteiger partial charge in [0.1, 0.15) is 23.0 Å². The van der Waals surface area contributed by atoms with Crippen LogP contribution < -0.4 is 15.5 Å². The number of rotatable bonds is 17. The van der Waals surface area contributed by atoms with Crippen LogP contribution in [0.5, 0.6) is 0 Å². The molecule has 0 unspecified atom stereocenters. The molecule has 0 saturated carbocycles. The van der Waals surface area contributed by atoms with E-state index >= 15 is 0 Å². The molecule has 344 valence electrons. The first-order valence-electron chi connectivity index (χ1n) is 18.9. The van der Waals surface area contributed by atoms with E-state index in [1.165, 1.54) is 26.6 Å². The number of Topliss-reactive ketones (excluding diaryl/α,β-unsaturated/α-hetero) is 1. The third-order valence-corrected chi connectivity index (χ3v) is 12.3. The second-order valence-corrected chi connectivity index (χ2v) is 17.7. The van der Waals surface area contributed by atoms with E-state index in [4.69, 9.17) is 21.6 Å². The van der Waals surface area contributed by atoms with E-state index in [0.717, 1.165) is 7.11 Å². The van der Waals surface area contributed by atoms with Gasteiger partial charge in [-0.3, -0.25) is 38.7 Å². The highest BCUT2D eigenvalue weighted by molar-refractivity contribution is 9.13. The summed E-state index contributed by atoms with van der Waals surface area (Å²) >= 11 is 19.2. The van der Waals surface area contributed by atoms with E-state index < -0.39 is 47.4 Å². The van der Waals surface area contributed by atoms with Crippen molar-refractivity contribution < 1.29 is 52.9 Å². The van der Waals surface area contributed by atoms with Crippen LogP contribution in [0.3, 0.4) is 0 Å². The maximum Gasteiger partial charge on any atom is 0.408 e. The first kappa shape index (κ1) is 55.7. The summed E-state index contributed by atoms with van der Waals surface area (Å²) in [5.41, 5.74) is 0.973. The van der Waals surface area contributed by atoms with Crippen molar-refractivity contribution in [3.63, 3.8) is 0 Å². The van der Waals surface area contributed by atoms with Crippen molar-refractivity contribution in [2.75, 3.05) is 26.6 Å². The van der Waals surface area contributed by atoms with Gasteiger partial charge in [0.15, 0.2) is 5.78 Å². The number of carbonyl (C=O) groups is 7. The van der Waals surface area contributed by atoms with E-state index in [0.29, 0.717) is 29.0 Å². The molecule has 2 heterocycles. The molecule has 4 rings (SSSR count). The number of alkyl carbamates (subject to hydrolysis) is 1. The Morgan fingerprint density at radius 2 is 1.17 bits per heavy atom. The van der Waals surface area contributed by atoms with Crippen LogP contribution in [0.1, 0.15) is 84.1 Å². The van der Waals surface area contributed by atoms with E-state index in [1.807, 2.05) is 0 Å². The normalized spacial score (nSPS) is 11.5. The predicted octanol–water partition coefficient (Wildman–Crippen LogP) is 8.25. The van der Waals surface area contributed by atoms with Gasteiger partial charge in [0.05, 0.1) is 25.9 Å². The summed E-state index contributed by atoms with van der Waals surface area (Å²) in [6, 6.07) is 14.6. The Morgan fingerprint density at radius 3 is 1.64 bits per heavy atom. The molecule has 2 aromatic carbocycles. The number of hydrogen-bond donors (Lipinski definition) is 4. The molecule has 0 fully saturated rings. The highest BCUT2D eigenvalue weighted by atomic mass is 79.9. The van der Waals surface area contributed by atoms with Gasteiger partial charge in [0.2, 0.25) is 17.5 Å². The highest BCUT2D eigenvalue weighted by Gasteiger charge is 2.28. The molecule has 21 heteroatoms. The van der Waals surface area contributed by atoms with Crippen LogP contribution in [0, 0.1) is 0 Å². The fourth-order valence-corrected chi connectivity index (χ4v) is 6.96. The number of ketones is 3. The summed E-state index contributed by atoms with van der Waals surface area (Å²) in [5, 5.41) is 12.2. The molecule has 16 nitrogen and oxygen atoms in total. The zero-order valence-corrected chi connectivity index (χ0v) is 42.5. The summed E-state index contributed by atoms with van der Waals surface area (Å²) in [6.07, 6.45) is 2.25. The van der Waals surface area contributed by atoms with Crippen molar-refractivity contribution in [1.29, 1.82) is 0 Å². The molecule has 0 aliphatic heterocycles. The lowest BCUT2D eigenvalue weighted by molar-refractivity contribution is -0.141. The molecule has 2 amide bonds. The van der Waals surface area contributed by atoms with Crippen LogP contribution in [0.15, 0.2) is 90.9 Å². The lowest BCUT2D eigenvalue weighted by atomic mass is 9.94. The average Bonchev–Trinajstić information content (AvgIpc) is 3.27. The molecular formula is C43H46Br4ClN5O11.